The molecule has 1 aromatic carbocycles. The Kier molecular flexibility index (Phi) is 6.87. The van der Waals surface area contributed by atoms with Gasteiger partial charge in [0.15, 0.2) is 0 Å². The van der Waals surface area contributed by atoms with Crippen molar-refractivity contribution in [3.05, 3.63) is 35.9 Å². The van der Waals surface area contributed by atoms with Crippen LogP contribution in [-0.2, 0) is 4.74 Å². The molecule has 0 atom stereocenters. The highest BCUT2D eigenvalue weighted by Gasteiger charge is 2.14. The number of alkyl carbamates (subject to hydrolysis) is 1. The number of aryl methyl sites for hydroxylation is 1. The summed E-state index contributed by atoms with van der Waals surface area (Å²) in [6.45, 7) is 4.04. The van der Waals surface area contributed by atoms with Crippen molar-refractivity contribution < 1.29 is 9.53 Å². The van der Waals surface area contributed by atoms with Gasteiger partial charge in [0.05, 0.1) is 7.11 Å². The van der Waals surface area contributed by atoms with Crippen LogP contribution in [0.2, 0.25) is 0 Å². The summed E-state index contributed by atoms with van der Waals surface area (Å²) >= 11 is 0. The number of carbonyl (C=O) groups excluding carboxylic acids is 1. The van der Waals surface area contributed by atoms with Crippen LogP contribution in [0.25, 0.3) is 0 Å². The molecule has 4 heteroatoms. The van der Waals surface area contributed by atoms with Gasteiger partial charge in [-0.1, -0.05) is 35.9 Å². The van der Waals surface area contributed by atoms with E-state index in [9.17, 15) is 4.79 Å². The van der Waals surface area contributed by atoms with E-state index in [1.165, 1.54) is 12.7 Å². The molecule has 0 aromatic heterocycles. The average molecular weight is 250 g/mol. The van der Waals surface area contributed by atoms with Gasteiger partial charge in [0, 0.05) is 6.04 Å². The van der Waals surface area contributed by atoms with E-state index in [4.69, 9.17) is 0 Å². The number of nitrogens with one attached hydrogen (secondary N) is 2. The third-order valence-electron chi connectivity index (χ3n) is 2.79. The second-order valence-electron chi connectivity index (χ2n) is 4.31. The van der Waals surface area contributed by atoms with E-state index < -0.39 is 0 Å². The monoisotopic (exact) mass is 250 g/mol. The number of hydrogen-bond donors (Lipinski definition) is 2. The van der Waals surface area contributed by atoms with Crippen LogP contribution in [0.15, 0.2) is 30.3 Å². The van der Waals surface area contributed by atoms with Gasteiger partial charge in [-0.05, 0) is 32.9 Å². The molecule has 1 fully saturated rings. The molecule has 4 nitrogen and oxygen atoms in total. The Hall–Kier alpha value is -1.55. The van der Waals surface area contributed by atoms with Gasteiger partial charge in [0.1, 0.15) is 0 Å². The van der Waals surface area contributed by atoms with Crippen LogP contribution in [0.1, 0.15) is 18.4 Å². The number of carbonyl (C=O) groups is 1. The summed E-state index contributed by atoms with van der Waals surface area (Å²) in [5, 5.41) is 5.98. The highest BCUT2D eigenvalue weighted by atomic mass is 16.5. The van der Waals surface area contributed by atoms with Gasteiger partial charge >= 0.3 is 6.09 Å². The van der Waals surface area contributed by atoms with Gasteiger partial charge in [-0.3, -0.25) is 0 Å². The molecule has 0 aliphatic carbocycles. The molecule has 1 amide bonds. The molecule has 0 unspecified atom stereocenters. The Morgan fingerprint density at radius 1 is 1.28 bits per heavy atom. The Bertz CT molecular complexity index is 335. The van der Waals surface area contributed by atoms with Crippen molar-refractivity contribution >= 4 is 6.09 Å². The van der Waals surface area contributed by atoms with Crippen molar-refractivity contribution in [2.24, 2.45) is 0 Å². The fourth-order valence-corrected chi connectivity index (χ4v) is 1.73. The normalized spacial score (nSPS) is 15.2. The second kappa shape index (κ2) is 8.53. The zero-order valence-corrected chi connectivity index (χ0v) is 11.1. The number of piperidine rings is 1. The zero-order valence-electron chi connectivity index (χ0n) is 11.1. The SMILES string of the molecule is COC(=O)NC1CCNCC1.Cc1ccccc1. The molecule has 1 aromatic rings. The van der Waals surface area contributed by atoms with Gasteiger partial charge in [-0.15, -0.1) is 0 Å². The van der Waals surface area contributed by atoms with E-state index in [2.05, 4.69) is 34.4 Å². The van der Waals surface area contributed by atoms with Gasteiger partial charge in [0.25, 0.3) is 0 Å². The van der Waals surface area contributed by atoms with Crippen LogP contribution < -0.4 is 10.6 Å². The van der Waals surface area contributed by atoms with Crippen molar-refractivity contribution in [3.8, 4) is 0 Å². The summed E-state index contributed by atoms with van der Waals surface area (Å²) < 4.78 is 4.48. The molecule has 0 spiro atoms. The maximum Gasteiger partial charge on any atom is 0.407 e. The van der Waals surface area contributed by atoms with E-state index in [-0.39, 0.29) is 6.09 Å². The van der Waals surface area contributed by atoms with E-state index >= 15 is 0 Å². The number of methoxy groups -OCH3 is 1. The van der Waals surface area contributed by atoms with E-state index in [1.807, 2.05) is 18.2 Å². The minimum atomic E-state index is -0.322. The van der Waals surface area contributed by atoms with Gasteiger partial charge in [0.2, 0.25) is 0 Å². The molecule has 0 radical (unpaired) electrons. The topological polar surface area (TPSA) is 50.4 Å². The molecular weight excluding hydrogens is 228 g/mol. The lowest BCUT2D eigenvalue weighted by Crippen LogP contribution is -2.42. The first-order chi connectivity index (χ1) is 8.72. The molecule has 0 saturated carbocycles. The van der Waals surface area contributed by atoms with E-state index in [1.54, 1.807) is 0 Å². The predicted molar refractivity (Wildman–Crippen MR) is 72.6 cm³/mol. The number of amides is 1. The van der Waals surface area contributed by atoms with Crippen LogP contribution >= 0.6 is 0 Å². The molecular formula is C14H22N2O2. The van der Waals surface area contributed by atoms with Crippen molar-refractivity contribution in [3.63, 3.8) is 0 Å². The minimum absolute atomic E-state index is 0.295. The molecule has 100 valence electrons. The van der Waals surface area contributed by atoms with Crippen LogP contribution in [0.3, 0.4) is 0 Å². The highest BCUT2D eigenvalue weighted by molar-refractivity contribution is 5.67. The fourth-order valence-electron chi connectivity index (χ4n) is 1.73. The summed E-state index contributed by atoms with van der Waals surface area (Å²) in [7, 11) is 1.39. The molecule has 18 heavy (non-hydrogen) atoms. The quantitative estimate of drug-likeness (QED) is 0.802. The molecule has 0 bridgehead atoms. The summed E-state index contributed by atoms with van der Waals surface area (Å²) in [6, 6.07) is 10.6. The lowest BCUT2D eigenvalue weighted by molar-refractivity contribution is 0.164. The third-order valence-corrected chi connectivity index (χ3v) is 2.79. The maximum atomic E-state index is 10.7. The summed E-state index contributed by atoms with van der Waals surface area (Å²) in [5.74, 6) is 0. The average Bonchev–Trinajstić information content (AvgIpc) is 2.41. The smallest absolute Gasteiger partial charge is 0.407 e. The van der Waals surface area contributed by atoms with Crippen molar-refractivity contribution in [2.45, 2.75) is 25.8 Å². The lowest BCUT2D eigenvalue weighted by atomic mass is 10.1. The summed E-state index contributed by atoms with van der Waals surface area (Å²) in [4.78, 5) is 10.7. The third kappa shape index (κ3) is 6.25. The Labute approximate surface area is 109 Å². The van der Waals surface area contributed by atoms with Crippen molar-refractivity contribution in [1.29, 1.82) is 0 Å². The summed E-state index contributed by atoms with van der Waals surface area (Å²) in [6.07, 6.45) is 1.67. The maximum absolute atomic E-state index is 10.7. The Morgan fingerprint density at radius 3 is 2.33 bits per heavy atom. The van der Waals surface area contributed by atoms with Crippen molar-refractivity contribution in [2.75, 3.05) is 20.2 Å². The lowest BCUT2D eigenvalue weighted by Gasteiger charge is -2.22. The van der Waals surface area contributed by atoms with Crippen LogP contribution in [0.5, 0.6) is 0 Å². The Balaban J connectivity index is 0.000000199. The molecule has 1 aliphatic heterocycles. The first kappa shape index (κ1) is 14.5. The van der Waals surface area contributed by atoms with Crippen LogP contribution in [-0.4, -0.2) is 32.3 Å². The van der Waals surface area contributed by atoms with E-state index in [0.29, 0.717) is 6.04 Å². The standard InChI is InChI=1S/C7H14N2O2.C7H8/c1-11-7(10)9-6-2-4-8-5-3-6;1-7-5-3-2-4-6-7/h6,8H,2-5H2,1H3,(H,9,10);2-6H,1H3. The molecule has 1 saturated heterocycles. The van der Waals surface area contributed by atoms with Gasteiger partial charge in [-0.2, -0.15) is 0 Å². The number of ether oxygens (including phenoxy) is 1. The highest BCUT2D eigenvalue weighted by Crippen LogP contribution is 2.01. The van der Waals surface area contributed by atoms with Crippen LogP contribution in [0, 0.1) is 6.92 Å². The zero-order chi connectivity index (χ0) is 13.2. The summed E-state index contributed by atoms with van der Waals surface area (Å²) in [5.41, 5.74) is 1.32. The Morgan fingerprint density at radius 2 is 1.89 bits per heavy atom. The van der Waals surface area contributed by atoms with Crippen LogP contribution in [0.4, 0.5) is 4.79 Å². The molecule has 1 heterocycles. The van der Waals surface area contributed by atoms with Crippen molar-refractivity contribution in [1.82, 2.24) is 10.6 Å². The van der Waals surface area contributed by atoms with Gasteiger partial charge < -0.3 is 15.4 Å². The molecule has 2 N–H and O–H groups in total. The fraction of sp³-hybridized carbons (Fsp3) is 0.500. The first-order valence-corrected chi connectivity index (χ1v) is 6.29. The number of rotatable bonds is 1. The first-order valence-electron chi connectivity index (χ1n) is 6.29. The number of hydrogen-bond acceptors (Lipinski definition) is 3. The number of benzene rings is 1. The minimum Gasteiger partial charge on any atom is -0.453 e. The molecule has 1 aliphatic rings. The second-order valence-corrected chi connectivity index (χ2v) is 4.31. The van der Waals surface area contributed by atoms with Gasteiger partial charge in [-0.25, -0.2) is 4.79 Å². The van der Waals surface area contributed by atoms with E-state index in [0.717, 1.165) is 25.9 Å². The predicted octanol–water partition coefficient (Wildman–Crippen LogP) is 2.09. The largest absolute Gasteiger partial charge is 0.453 e. The molecule has 2 rings (SSSR count).